The zero-order chi connectivity index (χ0) is 25.7. The standard InChI is InChI=1S/C28H29F3N4O2/c1-2-23(36)33-11-9-20-24-21(35(32-20)19-7-5-18(6-8-19)17-3-4-17)10-12-34(22(24)13-33)25(37)26-14-27(15-26,16-26)28(29,30)31/h2,5-8,17,22H,1,3-4,9-16H2. The Hall–Kier alpha value is -3.10. The molecule has 8 rings (SSSR count). The van der Waals surface area contributed by atoms with E-state index >= 15 is 0 Å². The number of halogens is 3. The Morgan fingerprint density at radius 3 is 2.38 bits per heavy atom. The highest BCUT2D eigenvalue weighted by Crippen LogP contribution is 2.79. The third-order valence-electron chi connectivity index (χ3n) is 9.43. The van der Waals surface area contributed by atoms with Crippen LogP contribution in [0.25, 0.3) is 5.69 Å². The van der Waals surface area contributed by atoms with Crippen molar-refractivity contribution in [3.8, 4) is 5.69 Å². The van der Waals surface area contributed by atoms with Crippen molar-refractivity contribution in [1.82, 2.24) is 19.6 Å². The first-order chi connectivity index (χ1) is 17.6. The number of alkyl halides is 3. The lowest BCUT2D eigenvalue weighted by molar-refractivity contribution is -0.353. The molecule has 1 aromatic carbocycles. The fourth-order valence-corrected chi connectivity index (χ4v) is 7.30. The molecule has 6 aliphatic rings. The van der Waals surface area contributed by atoms with Gasteiger partial charge in [-0.1, -0.05) is 18.7 Å². The number of carbonyl (C=O) groups excluding carboxylic acids is 2. The van der Waals surface area contributed by atoms with E-state index < -0.39 is 23.0 Å². The molecule has 0 radical (unpaired) electrons. The summed E-state index contributed by atoms with van der Waals surface area (Å²) in [5, 5.41) is 4.96. The summed E-state index contributed by atoms with van der Waals surface area (Å²) >= 11 is 0. The first kappa shape index (κ1) is 23.0. The minimum absolute atomic E-state index is 0.118. The molecular weight excluding hydrogens is 481 g/mol. The van der Waals surface area contributed by atoms with E-state index in [9.17, 15) is 22.8 Å². The van der Waals surface area contributed by atoms with E-state index in [0.717, 1.165) is 22.6 Å². The average molecular weight is 511 g/mol. The second-order valence-electron chi connectivity index (χ2n) is 11.7. The molecule has 3 heterocycles. The smallest absolute Gasteiger partial charge is 0.336 e. The van der Waals surface area contributed by atoms with Crippen molar-refractivity contribution in [2.24, 2.45) is 10.8 Å². The van der Waals surface area contributed by atoms with Crippen LogP contribution in [0.5, 0.6) is 0 Å². The molecule has 0 spiro atoms. The first-order valence-corrected chi connectivity index (χ1v) is 13.1. The van der Waals surface area contributed by atoms with Gasteiger partial charge in [0.2, 0.25) is 11.8 Å². The maximum absolute atomic E-state index is 13.8. The van der Waals surface area contributed by atoms with E-state index in [-0.39, 0.29) is 31.1 Å². The zero-order valence-corrected chi connectivity index (χ0v) is 20.6. The number of rotatable bonds is 4. The number of hydrogen-bond acceptors (Lipinski definition) is 3. The van der Waals surface area contributed by atoms with E-state index in [1.54, 1.807) is 9.80 Å². The van der Waals surface area contributed by atoms with Gasteiger partial charge in [0.1, 0.15) is 0 Å². The minimum Gasteiger partial charge on any atom is -0.336 e. The lowest BCUT2D eigenvalue weighted by Crippen LogP contribution is -2.73. The van der Waals surface area contributed by atoms with Crippen LogP contribution in [0.3, 0.4) is 0 Å². The lowest BCUT2D eigenvalue weighted by atomic mass is 9.34. The molecule has 4 fully saturated rings. The molecule has 0 saturated heterocycles. The van der Waals surface area contributed by atoms with Gasteiger partial charge in [-0.15, -0.1) is 0 Å². The van der Waals surface area contributed by atoms with E-state index in [1.165, 1.54) is 24.5 Å². The Labute approximate surface area is 213 Å². The summed E-state index contributed by atoms with van der Waals surface area (Å²) in [5.74, 6) is 0.247. The molecule has 37 heavy (non-hydrogen) atoms. The second-order valence-corrected chi connectivity index (χ2v) is 11.7. The third-order valence-corrected chi connectivity index (χ3v) is 9.43. The molecule has 6 nitrogen and oxygen atoms in total. The molecule has 1 atom stereocenters. The van der Waals surface area contributed by atoms with Crippen LogP contribution in [0, 0.1) is 10.8 Å². The highest BCUT2D eigenvalue weighted by Gasteiger charge is 2.81. The molecule has 1 unspecified atom stereocenters. The zero-order valence-electron chi connectivity index (χ0n) is 20.6. The summed E-state index contributed by atoms with van der Waals surface area (Å²) in [6.45, 7) is 4.77. The van der Waals surface area contributed by atoms with Crippen LogP contribution in [0.15, 0.2) is 36.9 Å². The van der Waals surface area contributed by atoms with E-state index in [4.69, 9.17) is 5.10 Å². The van der Waals surface area contributed by atoms with Gasteiger partial charge >= 0.3 is 6.18 Å². The van der Waals surface area contributed by atoms with Crippen LogP contribution in [0.2, 0.25) is 0 Å². The Morgan fingerprint density at radius 1 is 1.05 bits per heavy atom. The van der Waals surface area contributed by atoms with Crippen molar-refractivity contribution >= 4 is 11.8 Å². The highest BCUT2D eigenvalue weighted by molar-refractivity contribution is 5.88. The molecule has 2 aromatic rings. The van der Waals surface area contributed by atoms with Crippen molar-refractivity contribution in [3.05, 3.63) is 59.4 Å². The predicted molar refractivity (Wildman–Crippen MR) is 129 cm³/mol. The van der Waals surface area contributed by atoms with Crippen LogP contribution < -0.4 is 0 Å². The van der Waals surface area contributed by atoms with Gasteiger partial charge in [0.05, 0.1) is 33.9 Å². The highest BCUT2D eigenvalue weighted by atomic mass is 19.4. The summed E-state index contributed by atoms with van der Waals surface area (Å²) in [7, 11) is 0. The molecule has 194 valence electrons. The molecule has 9 heteroatoms. The number of benzene rings is 1. The fourth-order valence-electron chi connectivity index (χ4n) is 7.30. The van der Waals surface area contributed by atoms with Gasteiger partial charge in [-0.2, -0.15) is 18.3 Å². The number of amides is 2. The van der Waals surface area contributed by atoms with Gasteiger partial charge in [0.15, 0.2) is 0 Å². The van der Waals surface area contributed by atoms with Crippen molar-refractivity contribution in [2.45, 2.75) is 63.1 Å². The van der Waals surface area contributed by atoms with E-state index in [0.29, 0.717) is 38.4 Å². The van der Waals surface area contributed by atoms with Crippen LogP contribution in [-0.4, -0.2) is 57.2 Å². The Balaban J connectivity index is 1.23. The number of nitrogens with zero attached hydrogens (tertiary/aromatic N) is 4. The maximum Gasteiger partial charge on any atom is 0.394 e. The largest absolute Gasteiger partial charge is 0.394 e. The normalized spacial score (nSPS) is 30.1. The summed E-state index contributed by atoms with van der Waals surface area (Å²) in [6, 6.07) is 8.08. The number of aromatic nitrogens is 2. The monoisotopic (exact) mass is 510 g/mol. The van der Waals surface area contributed by atoms with Crippen molar-refractivity contribution in [1.29, 1.82) is 0 Å². The molecule has 4 aliphatic carbocycles. The summed E-state index contributed by atoms with van der Waals surface area (Å²) in [6.07, 6.45) is 0.252. The van der Waals surface area contributed by atoms with Gasteiger partial charge in [-0.05, 0) is 61.8 Å². The molecule has 0 N–H and O–H groups in total. The average Bonchev–Trinajstić information content (AvgIpc) is 3.62. The topological polar surface area (TPSA) is 58.4 Å². The van der Waals surface area contributed by atoms with Gasteiger partial charge < -0.3 is 9.80 Å². The van der Waals surface area contributed by atoms with Crippen LogP contribution >= 0.6 is 0 Å². The van der Waals surface area contributed by atoms with Crippen LogP contribution in [0.1, 0.15) is 66.6 Å². The molecular formula is C28H29F3N4O2. The second kappa shape index (κ2) is 7.48. The third kappa shape index (κ3) is 3.21. The van der Waals surface area contributed by atoms with Crippen LogP contribution in [-0.2, 0) is 22.4 Å². The van der Waals surface area contributed by atoms with Gasteiger partial charge in [0, 0.05) is 38.0 Å². The minimum atomic E-state index is -4.26. The van der Waals surface area contributed by atoms with Crippen molar-refractivity contribution in [2.75, 3.05) is 19.6 Å². The van der Waals surface area contributed by atoms with Crippen molar-refractivity contribution in [3.63, 3.8) is 0 Å². The number of carbonyl (C=O) groups is 2. The molecule has 2 aliphatic heterocycles. The van der Waals surface area contributed by atoms with Gasteiger partial charge in [-0.3, -0.25) is 9.59 Å². The Bertz CT molecular complexity index is 1300. The quantitative estimate of drug-likeness (QED) is 0.570. The Morgan fingerprint density at radius 2 is 1.76 bits per heavy atom. The molecule has 1 aromatic heterocycles. The first-order valence-electron chi connectivity index (χ1n) is 13.1. The maximum atomic E-state index is 13.8. The molecule has 2 bridgehead atoms. The fraction of sp³-hybridized carbons (Fsp3) is 0.536. The Kier molecular flexibility index (Phi) is 4.66. The number of hydrogen-bond donors (Lipinski definition) is 0. The van der Waals surface area contributed by atoms with Crippen LogP contribution in [0.4, 0.5) is 13.2 Å². The molecule has 4 saturated carbocycles. The van der Waals surface area contributed by atoms with Gasteiger partial charge in [0.25, 0.3) is 0 Å². The SMILES string of the molecule is C=CC(=O)N1CCc2nn(-c3ccc(C4CC4)cc3)c3c2C(C1)N(C(=O)C12CC(C(F)(F)F)(C1)C2)CC3. The van der Waals surface area contributed by atoms with Gasteiger partial charge in [-0.25, -0.2) is 4.68 Å². The lowest BCUT2D eigenvalue weighted by Gasteiger charge is -2.70. The molecule has 2 amide bonds. The van der Waals surface area contributed by atoms with E-state index in [2.05, 4.69) is 30.8 Å². The van der Waals surface area contributed by atoms with Crippen molar-refractivity contribution < 1.29 is 22.8 Å². The van der Waals surface area contributed by atoms with E-state index in [1.807, 2.05) is 4.68 Å². The summed E-state index contributed by atoms with van der Waals surface area (Å²) in [5.41, 5.74) is 2.56. The summed E-state index contributed by atoms with van der Waals surface area (Å²) in [4.78, 5) is 29.8. The predicted octanol–water partition coefficient (Wildman–Crippen LogP) is 4.48. The summed E-state index contributed by atoms with van der Waals surface area (Å²) < 4.78 is 42.4.